The van der Waals surface area contributed by atoms with Crippen LogP contribution in [0.15, 0.2) is 12.1 Å². The third kappa shape index (κ3) is 5.59. The van der Waals surface area contributed by atoms with Gasteiger partial charge in [0.05, 0.1) is 12.2 Å². The summed E-state index contributed by atoms with van der Waals surface area (Å²) in [6.45, 7) is 6.92. The van der Waals surface area contributed by atoms with E-state index >= 15 is 0 Å². The summed E-state index contributed by atoms with van der Waals surface area (Å²) in [5.41, 5.74) is -1.79. The molecule has 2 aliphatic rings. The first-order chi connectivity index (χ1) is 16.3. The Kier molecular flexibility index (Phi) is 7.47. The molecule has 1 spiro atoms. The highest BCUT2D eigenvalue weighted by Gasteiger charge is 2.56. The maximum atomic E-state index is 13.9. The minimum atomic E-state index is -1.73. The summed E-state index contributed by atoms with van der Waals surface area (Å²) in [6.07, 6.45) is 2.32. The summed E-state index contributed by atoms with van der Waals surface area (Å²) >= 11 is 0. The summed E-state index contributed by atoms with van der Waals surface area (Å²) in [4.78, 5) is 53.4. The molecule has 1 aliphatic heterocycles. The Morgan fingerprint density at radius 1 is 1.17 bits per heavy atom. The van der Waals surface area contributed by atoms with Gasteiger partial charge in [0.15, 0.2) is 17.5 Å². The van der Waals surface area contributed by atoms with Crippen LogP contribution in [-0.4, -0.2) is 58.7 Å². The average molecular weight is 497 g/mol. The first-order valence-electron chi connectivity index (χ1n) is 11.6. The third-order valence-electron chi connectivity index (χ3n) is 6.41. The van der Waals surface area contributed by atoms with E-state index in [2.05, 4.69) is 10.6 Å². The number of anilines is 1. The molecule has 1 aromatic rings. The second-order valence-electron chi connectivity index (χ2n) is 10.3. The third-order valence-corrected chi connectivity index (χ3v) is 6.41. The number of imide groups is 1. The Morgan fingerprint density at radius 2 is 1.86 bits per heavy atom. The number of halogens is 3. The molecule has 1 saturated heterocycles. The highest BCUT2D eigenvalue weighted by atomic mass is 19.2. The number of urea groups is 1. The SMILES string of the molecule is CCCN(CC(=O)Nc1ccc(F)c(F)c1F)C(=O)CN1C(=O)NC2(CC(C)CC(C)(C)C2)C1=O. The monoisotopic (exact) mass is 496 g/mol. The summed E-state index contributed by atoms with van der Waals surface area (Å²) in [7, 11) is 0. The highest BCUT2D eigenvalue weighted by Crippen LogP contribution is 2.46. The predicted molar refractivity (Wildman–Crippen MR) is 122 cm³/mol. The number of carbonyl (C=O) groups is 4. The lowest BCUT2D eigenvalue weighted by Crippen LogP contribution is -2.54. The first kappa shape index (κ1) is 26.5. The smallest absolute Gasteiger partial charge is 0.325 e. The Labute approximate surface area is 202 Å². The van der Waals surface area contributed by atoms with Gasteiger partial charge in [0.1, 0.15) is 12.1 Å². The van der Waals surface area contributed by atoms with E-state index in [4.69, 9.17) is 0 Å². The Bertz CT molecular complexity index is 1050. The molecule has 1 aromatic carbocycles. The summed E-state index contributed by atoms with van der Waals surface area (Å²) in [6, 6.07) is 0.888. The van der Waals surface area contributed by atoms with Crippen LogP contribution in [0.3, 0.4) is 0 Å². The van der Waals surface area contributed by atoms with Gasteiger partial charge in [0.25, 0.3) is 5.91 Å². The number of nitrogens with zero attached hydrogens (tertiary/aromatic N) is 2. The second kappa shape index (κ2) is 9.87. The fourth-order valence-electron chi connectivity index (χ4n) is 5.43. The number of hydrogen-bond acceptors (Lipinski definition) is 4. The Balaban J connectivity index is 1.69. The summed E-state index contributed by atoms with van der Waals surface area (Å²) < 4.78 is 40.4. The van der Waals surface area contributed by atoms with Crippen molar-refractivity contribution < 1.29 is 32.3 Å². The van der Waals surface area contributed by atoms with Crippen LogP contribution in [0, 0.1) is 28.8 Å². The van der Waals surface area contributed by atoms with Gasteiger partial charge in [-0.3, -0.25) is 19.3 Å². The largest absolute Gasteiger partial charge is 0.332 e. The van der Waals surface area contributed by atoms with E-state index in [1.807, 2.05) is 20.8 Å². The van der Waals surface area contributed by atoms with E-state index in [1.54, 1.807) is 6.92 Å². The molecular weight excluding hydrogens is 465 g/mol. The quantitative estimate of drug-likeness (QED) is 0.446. The van der Waals surface area contributed by atoms with Gasteiger partial charge in [-0.05, 0) is 49.1 Å². The van der Waals surface area contributed by atoms with E-state index in [9.17, 15) is 32.3 Å². The molecule has 2 N–H and O–H groups in total. The maximum Gasteiger partial charge on any atom is 0.325 e. The van der Waals surface area contributed by atoms with Crippen LogP contribution in [-0.2, 0) is 14.4 Å². The van der Waals surface area contributed by atoms with Crippen molar-refractivity contribution in [3.63, 3.8) is 0 Å². The number of carbonyl (C=O) groups excluding carboxylic acids is 4. The van der Waals surface area contributed by atoms with Crippen LogP contribution in [0.4, 0.5) is 23.7 Å². The van der Waals surface area contributed by atoms with Crippen molar-refractivity contribution in [1.29, 1.82) is 0 Å². The van der Waals surface area contributed by atoms with E-state index in [1.165, 1.54) is 0 Å². The molecule has 11 heteroatoms. The normalized spacial score (nSPS) is 23.4. The molecule has 2 unspecified atom stereocenters. The maximum absolute atomic E-state index is 13.9. The van der Waals surface area contributed by atoms with Gasteiger partial charge in [-0.2, -0.15) is 0 Å². The molecular formula is C24H31F3N4O4. The molecule has 5 amide bonds. The molecule has 35 heavy (non-hydrogen) atoms. The molecule has 1 heterocycles. The van der Waals surface area contributed by atoms with Crippen molar-refractivity contribution in [3.8, 4) is 0 Å². The molecule has 192 valence electrons. The number of nitrogens with one attached hydrogen (secondary N) is 2. The molecule has 2 atom stereocenters. The van der Waals surface area contributed by atoms with Gasteiger partial charge in [0.2, 0.25) is 11.8 Å². The van der Waals surface area contributed by atoms with Crippen molar-refractivity contribution >= 4 is 29.4 Å². The van der Waals surface area contributed by atoms with E-state index in [0.29, 0.717) is 25.3 Å². The van der Waals surface area contributed by atoms with Crippen LogP contribution < -0.4 is 10.6 Å². The fraction of sp³-hybridized carbons (Fsp3) is 0.583. The molecule has 0 aromatic heterocycles. The first-order valence-corrected chi connectivity index (χ1v) is 11.6. The van der Waals surface area contributed by atoms with Crippen molar-refractivity contribution in [2.75, 3.05) is 25.0 Å². The van der Waals surface area contributed by atoms with Crippen LogP contribution in [0.1, 0.15) is 53.4 Å². The average Bonchev–Trinajstić information content (AvgIpc) is 2.95. The van der Waals surface area contributed by atoms with Crippen molar-refractivity contribution in [1.82, 2.24) is 15.1 Å². The zero-order valence-corrected chi connectivity index (χ0v) is 20.3. The molecule has 3 rings (SSSR count). The number of rotatable bonds is 7. The van der Waals surface area contributed by atoms with Gasteiger partial charge >= 0.3 is 6.03 Å². The lowest BCUT2D eigenvalue weighted by molar-refractivity contribution is -0.141. The minimum Gasteiger partial charge on any atom is -0.332 e. The predicted octanol–water partition coefficient (Wildman–Crippen LogP) is 3.42. The standard InChI is InChI=1S/C24H31F3N4O4/c1-5-8-30(11-17(32)28-16-7-6-15(25)19(26)20(16)27)18(33)12-31-21(34)24(29-22(31)35)10-14(2)9-23(3,4)13-24/h6-7,14H,5,8-13H2,1-4H3,(H,28,32)(H,29,35). The van der Waals surface area contributed by atoms with Crippen LogP contribution >= 0.6 is 0 Å². The van der Waals surface area contributed by atoms with Crippen molar-refractivity contribution in [2.45, 2.75) is 58.9 Å². The number of benzene rings is 1. The molecule has 0 bridgehead atoms. The topological polar surface area (TPSA) is 98.8 Å². The van der Waals surface area contributed by atoms with Crippen molar-refractivity contribution in [2.24, 2.45) is 11.3 Å². The van der Waals surface area contributed by atoms with E-state index in [-0.39, 0.29) is 17.9 Å². The summed E-state index contributed by atoms with van der Waals surface area (Å²) in [5.74, 6) is -6.41. The zero-order valence-electron chi connectivity index (χ0n) is 20.3. The van der Waals surface area contributed by atoms with Gasteiger partial charge in [-0.1, -0.05) is 27.7 Å². The van der Waals surface area contributed by atoms with Crippen LogP contribution in [0.25, 0.3) is 0 Å². The van der Waals surface area contributed by atoms with Crippen LogP contribution in [0.2, 0.25) is 0 Å². The Morgan fingerprint density at radius 3 is 2.49 bits per heavy atom. The lowest BCUT2D eigenvalue weighted by Gasteiger charge is -2.43. The molecule has 2 fully saturated rings. The van der Waals surface area contributed by atoms with Crippen LogP contribution in [0.5, 0.6) is 0 Å². The van der Waals surface area contributed by atoms with E-state index in [0.717, 1.165) is 22.3 Å². The zero-order chi connectivity index (χ0) is 26.1. The Hall–Kier alpha value is -3.11. The molecule has 1 saturated carbocycles. The van der Waals surface area contributed by atoms with Gasteiger partial charge < -0.3 is 15.5 Å². The minimum absolute atomic E-state index is 0.130. The molecule has 0 radical (unpaired) electrons. The lowest BCUT2D eigenvalue weighted by atomic mass is 9.64. The highest BCUT2D eigenvalue weighted by molar-refractivity contribution is 6.09. The number of hydrogen-bond donors (Lipinski definition) is 2. The van der Waals surface area contributed by atoms with Gasteiger partial charge in [-0.15, -0.1) is 0 Å². The summed E-state index contributed by atoms with van der Waals surface area (Å²) in [5, 5.41) is 4.92. The molecule has 1 aliphatic carbocycles. The number of amides is 5. The fourth-order valence-corrected chi connectivity index (χ4v) is 5.43. The van der Waals surface area contributed by atoms with E-state index < -0.39 is 65.5 Å². The second-order valence-corrected chi connectivity index (χ2v) is 10.3. The molecule has 8 nitrogen and oxygen atoms in total. The van der Waals surface area contributed by atoms with Gasteiger partial charge in [0, 0.05) is 6.54 Å². The van der Waals surface area contributed by atoms with Gasteiger partial charge in [-0.25, -0.2) is 18.0 Å². The van der Waals surface area contributed by atoms with Crippen molar-refractivity contribution in [3.05, 3.63) is 29.6 Å².